The number of hydrogen-bond donors (Lipinski definition) is 1. The van der Waals surface area contributed by atoms with E-state index in [0.717, 1.165) is 16.8 Å². The third-order valence-electron chi connectivity index (χ3n) is 5.00. The van der Waals surface area contributed by atoms with Crippen molar-refractivity contribution < 1.29 is 9.18 Å². The maximum atomic E-state index is 13.9. The van der Waals surface area contributed by atoms with Crippen molar-refractivity contribution in [2.45, 2.75) is 0 Å². The first kappa shape index (κ1) is 18.0. The predicted molar refractivity (Wildman–Crippen MR) is 111 cm³/mol. The lowest BCUT2D eigenvalue weighted by Gasteiger charge is -2.36. The molecule has 4 rings (SSSR count). The average molecular weight is 375 g/mol. The molecule has 1 heterocycles. The molecule has 1 aliphatic heterocycles. The smallest absolute Gasteiger partial charge is 0.321 e. The van der Waals surface area contributed by atoms with Gasteiger partial charge in [0.15, 0.2) is 0 Å². The molecule has 0 aliphatic carbocycles. The van der Waals surface area contributed by atoms with Crippen LogP contribution in [-0.4, -0.2) is 37.1 Å². The van der Waals surface area contributed by atoms with Gasteiger partial charge in [0.05, 0.1) is 5.69 Å². The van der Waals surface area contributed by atoms with E-state index in [0.29, 0.717) is 31.9 Å². The van der Waals surface area contributed by atoms with E-state index in [9.17, 15) is 9.18 Å². The lowest BCUT2D eigenvalue weighted by Crippen LogP contribution is -2.50. The minimum absolute atomic E-state index is 0.124. The van der Waals surface area contributed by atoms with E-state index in [1.807, 2.05) is 53.4 Å². The van der Waals surface area contributed by atoms with Gasteiger partial charge in [-0.1, -0.05) is 54.6 Å². The van der Waals surface area contributed by atoms with Gasteiger partial charge in [0.25, 0.3) is 0 Å². The number of halogens is 1. The van der Waals surface area contributed by atoms with Crippen molar-refractivity contribution in [1.82, 2.24) is 4.90 Å². The van der Waals surface area contributed by atoms with Crippen LogP contribution in [0.5, 0.6) is 0 Å². The van der Waals surface area contributed by atoms with Crippen molar-refractivity contribution in [1.29, 1.82) is 0 Å². The Morgan fingerprint density at radius 1 is 0.750 bits per heavy atom. The Balaban J connectivity index is 1.34. The molecule has 0 spiro atoms. The van der Waals surface area contributed by atoms with Crippen LogP contribution in [0.1, 0.15) is 0 Å². The normalized spacial score (nSPS) is 14.0. The van der Waals surface area contributed by atoms with E-state index in [1.54, 1.807) is 17.0 Å². The van der Waals surface area contributed by atoms with Gasteiger partial charge in [-0.05, 0) is 35.4 Å². The number of nitrogens with one attached hydrogen (secondary N) is 1. The van der Waals surface area contributed by atoms with Crippen LogP contribution in [-0.2, 0) is 0 Å². The lowest BCUT2D eigenvalue weighted by molar-refractivity contribution is 0.208. The first-order valence-electron chi connectivity index (χ1n) is 9.41. The van der Waals surface area contributed by atoms with Gasteiger partial charge in [0, 0.05) is 31.9 Å². The highest BCUT2D eigenvalue weighted by molar-refractivity contribution is 5.89. The van der Waals surface area contributed by atoms with Gasteiger partial charge in [-0.15, -0.1) is 0 Å². The summed E-state index contributed by atoms with van der Waals surface area (Å²) in [5.74, 6) is -0.223. The average Bonchev–Trinajstić information content (AvgIpc) is 2.75. The van der Waals surface area contributed by atoms with Crippen LogP contribution in [0.25, 0.3) is 11.1 Å². The molecule has 3 aromatic rings. The zero-order valence-electron chi connectivity index (χ0n) is 15.5. The van der Waals surface area contributed by atoms with Crippen molar-refractivity contribution in [2.75, 3.05) is 36.4 Å². The van der Waals surface area contributed by atoms with E-state index in [1.165, 1.54) is 6.07 Å². The Morgan fingerprint density at radius 2 is 1.36 bits per heavy atom. The predicted octanol–water partition coefficient (Wildman–Crippen LogP) is 4.85. The van der Waals surface area contributed by atoms with Crippen molar-refractivity contribution in [2.24, 2.45) is 0 Å². The zero-order valence-corrected chi connectivity index (χ0v) is 15.5. The first-order valence-corrected chi connectivity index (χ1v) is 9.41. The number of rotatable bonds is 3. The van der Waals surface area contributed by atoms with Gasteiger partial charge in [-0.2, -0.15) is 0 Å². The van der Waals surface area contributed by atoms with E-state index < -0.39 is 0 Å². The molecule has 1 aliphatic rings. The summed E-state index contributed by atoms with van der Waals surface area (Å²) in [7, 11) is 0. The third-order valence-corrected chi connectivity index (χ3v) is 5.00. The fourth-order valence-electron chi connectivity index (χ4n) is 3.44. The van der Waals surface area contributed by atoms with Crippen molar-refractivity contribution in [3.63, 3.8) is 0 Å². The second kappa shape index (κ2) is 8.13. The Hall–Kier alpha value is -3.34. The molecular weight excluding hydrogens is 353 g/mol. The molecule has 0 bridgehead atoms. The number of carbonyl (C=O) groups is 1. The van der Waals surface area contributed by atoms with Gasteiger partial charge in [0.1, 0.15) is 5.82 Å². The van der Waals surface area contributed by atoms with E-state index in [4.69, 9.17) is 0 Å². The fourth-order valence-corrected chi connectivity index (χ4v) is 3.44. The Labute approximate surface area is 164 Å². The van der Waals surface area contributed by atoms with Gasteiger partial charge in [0.2, 0.25) is 0 Å². The van der Waals surface area contributed by atoms with Crippen molar-refractivity contribution in [3.05, 3.63) is 84.7 Å². The molecular formula is C23H22FN3O. The minimum Gasteiger partial charge on any atom is -0.366 e. The number of hydrogen-bond acceptors (Lipinski definition) is 2. The molecule has 5 heteroatoms. The number of urea groups is 1. The molecule has 0 radical (unpaired) electrons. The second-order valence-electron chi connectivity index (χ2n) is 6.80. The fraction of sp³-hybridized carbons (Fsp3) is 0.174. The molecule has 1 N–H and O–H groups in total. The van der Waals surface area contributed by atoms with Gasteiger partial charge in [-0.3, -0.25) is 0 Å². The number of anilines is 2. The minimum atomic E-state index is -0.223. The van der Waals surface area contributed by atoms with E-state index in [2.05, 4.69) is 17.4 Å². The molecule has 1 fully saturated rings. The number of amides is 2. The van der Waals surface area contributed by atoms with Gasteiger partial charge in [-0.25, -0.2) is 9.18 Å². The van der Waals surface area contributed by atoms with E-state index in [-0.39, 0.29) is 11.8 Å². The van der Waals surface area contributed by atoms with Crippen LogP contribution in [0.15, 0.2) is 78.9 Å². The highest BCUT2D eigenvalue weighted by Gasteiger charge is 2.22. The molecule has 4 nitrogen and oxygen atoms in total. The highest BCUT2D eigenvalue weighted by atomic mass is 19.1. The standard InChI is InChI=1S/C23H22FN3O/c24-21-8-4-5-9-22(21)26-14-16-27(17-15-26)23(28)25-20-12-10-19(11-13-20)18-6-2-1-3-7-18/h1-13H,14-17H2,(H,25,28). The molecule has 142 valence electrons. The van der Waals surface area contributed by atoms with Crippen LogP contribution >= 0.6 is 0 Å². The maximum absolute atomic E-state index is 13.9. The van der Waals surface area contributed by atoms with E-state index >= 15 is 0 Å². The molecule has 0 saturated carbocycles. The van der Waals surface area contributed by atoms with Crippen molar-refractivity contribution in [3.8, 4) is 11.1 Å². The van der Waals surface area contributed by atoms with Crippen LogP contribution in [0.2, 0.25) is 0 Å². The molecule has 0 unspecified atom stereocenters. The Bertz CT molecular complexity index is 936. The van der Waals surface area contributed by atoms with Crippen LogP contribution in [0, 0.1) is 5.82 Å². The molecule has 2 amide bonds. The van der Waals surface area contributed by atoms with Crippen LogP contribution in [0.3, 0.4) is 0 Å². The number of nitrogens with zero attached hydrogens (tertiary/aromatic N) is 2. The van der Waals surface area contributed by atoms with Crippen LogP contribution < -0.4 is 10.2 Å². The molecule has 28 heavy (non-hydrogen) atoms. The quantitative estimate of drug-likeness (QED) is 0.711. The Morgan fingerprint density at radius 3 is 2.04 bits per heavy atom. The summed E-state index contributed by atoms with van der Waals surface area (Å²) in [4.78, 5) is 16.3. The lowest BCUT2D eigenvalue weighted by atomic mass is 10.1. The summed E-state index contributed by atoms with van der Waals surface area (Å²) in [5.41, 5.74) is 3.61. The number of carbonyl (C=O) groups excluding carboxylic acids is 1. The molecule has 1 saturated heterocycles. The van der Waals surface area contributed by atoms with Crippen molar-refractivity contribution >= 4 is 17.4 Å². The van der Waals surface area contributed by atoms with Gasteiger partial charge >= 0.3 is 6.03 Å². The molecule has 3 aromatic carbocycles. The summed E-state index contributed by atoms with van der Waals surface area (Å²) >= 11 is 0. The summed E-state index contributed by atoms with van der Waals surface area (Å²) < 4.78 is 13.9. The number of piperazine rings is 1. The second-order valence-corrected chi connectivity index (χ2v) is 6.80. The first-order chi connectivity index (χ1) is 13.7. The highest BCUT2D eigenvalue weighted by Crippen LogP contribution is 2.22. The molecule has 0 atom stereocenters. The summed E-state index contributed by atoms with van der Waals surface area (Å²) in [6.07, 6.45) is 0. The topological polar surface area (TPSA) is 35.6 Å². The summed E-state index contributed by atoms with van der Waals surface area (Å²) in [6.45, 7) is 2.34. The summed E-state index contributed by atoms with van der Waals surface area (Å²) in [5, 5.41) is 2.95. The van der Waals surface area contributed by atoms with Crippen LogP contribution in [0.4, 0.5) is 20.6 Å². The largest absolute Gasteiger partial charge is 0.366 e. The number of para-hydroxylation sites is 1. The maximum Gasteiger partial charge on any atom is 0.321 e. The SMILES string of the molecule is O=C(Nc1ccc(-c2ccccc2)cc1)N1CCN(c2ccccc2F)CC1. The Kier molecular flexibility index (Phi) is 5.24. The third kappa shape index (κ3) is 3.98. The zero-order chi connectivity index (χ0) is 19.3. The number of benzene rings is 3. The van der Waals surface area contributed by atoms with Gasteiger partial charge < -0.3 is 15.1 Å². The summed E-state index contributed by atoms with van der Waals surface area (Å²) in [6, 6.07) is 24.6. The monoisotopic (exact) mass is 375 g/mol. The molecule has 0 aromatic heterocycles.